The first-order valence-electron chi connectivity index (χ1n) is 12.6. The number of nitrogens with two attached hydrogens (primary N) is 1. The van der Waals surface area contributed by atoms with Crippen molar-refractivity contribution in [3.05, 3.63) is 35.4 Å². The van der Waals surface area contributed by atoms with E-state index in [1.165, 1.54) is 12.8 Å². The van der Waals surface area contributed by atoms with E-state index >= 15 is 0 Å². The summed E-state index contributed by atoms with van der Waals surface area (Å²) in [6.45, 7) is 8.58. The van der Waals surface area contributed by atoms with Gasteiger partial charge in [0.05, 0.1) is 23.9 Å². The second-order valence-electron chi connectivity index (χ2n) is 11.1. The number of amides is 1. The van der Waals surface area contributed by atoms with E-state index in [-0.39, 0.29) is 22.9 Å². The van der Waals surface area contributed by atoms with Crippen molar-refractivity contribution in [1.82, 2.24) is 15.6 Å². The Balaban J connectivity index is 1.83. The number of aromatic hydroxyl groups is 1. The number of nitrogens with one attached hydrogen (secondary N) is 2. The monoisotopic (exact) mass is 482 g/mol. The van der Waals surface area contributed by atoms with Gasteiger partial charge in [-0.2, -0.15) is 0 Å². The first kappa shape index (κ1) is 25.1. The molecule has 2 fully saturated rings. The molecule has 8 nitrogen and oxygen atoms in total. The molecule has 2 atom stereocenters. The normalized spacial score (nSPS) is 19.2. The van der Waals surface area contributed by atoms with Crippen LogP contribution >= 0.6 is 0 Å². The summed E-state index contributed by atoms with van der Waals surface area (Å²) >= 11 is 0. The van der Waals surface area contributed by atoms with Crippen molar-refractivity contribution >= 4 is 11.9 Å². The Kier molecular flexibility index (Phi) is 7.40. The molecule has 1 aliphatic heterocycles. The molecule has 1 aliphatic carbocycles. The molecule has 0 bridgehead atoms. The summed E-state index contributed by atoms with van der Waals surface area (Å²) in [6, 6.07) is 6.71. The summed E-state index contributed by atoms with van der Waals surface area (Å²) in [5.41, 5.74) is 9.24. The molecule has 4 rings (SSSR count). The number of hydrogen-bond acceptors (Lipinski definition) is 6. The van der Waals surface area contributed by atoms with Crippen LogP contribution in [-0.2, 0) is 0 Å². The van der Waals surface area contributed by atoms with Crippen molar-refractivity contribution in [1.29, 1.82) is 0 Å². The number of phenolic OH excluding ortho intramolecular Hbond substituents is 1. The Morgan fingerprint density at radius 3 is 2.71 bits per heavy atom. The number of phenols is 1. The Morgan fingerprint density at radius 1 is 1.31 bits per heavy atom. The van der Waals surface area contributed by atoms with E-state index in [4.69, 9.17) is 15.5 Å². The van der Waals surface area contributed by atoms with Crippen molar-refractivity contribution in [2.45, 2.75) is 64.8 Å². The molecule has 8 heteroatoms. The van der Waals surface area contributed by atoms with E-state index in [0.717, 1.165) is 37.1 Å². The summed E-state index contributed by atoms with van der Waals surface area (Å²) in [6.07, 6.45) is 3.79. The van der Waals surface area contributed by atoms with E-state index < -0.39 is 12.1 Å². The highest BCUT2D eigenvalue weighted by Crippen LogP contribution is 2.43. The third kappa shape index (κ3) is 6.36. The fourth-order valence-electron chi connectivity index (χ4n) is 4.93. The van der Waals surface area contributed by atoms with Crippen LogP contribution in [0.3, 0.4) is 0 Å². The average Bonchev–Trinajstić information content (AvgIpc) is 3.60. The lowest BCUT2D eigenvalue weighted by atomic mass is 9.80. The molecule has 0 spiro atoms. The quantitative estimate of drug-likeness (QED) is 0.356. The molecule has 1 aromatic carbocycles. The molecule has 1 amide bonds. The van der Waals surface area contributed by atoms with Gasteiger partial charge < -0.3 is 31.3 Å². The zero-order valence-corrected chi connectivity index (χ0v) is 20.9. The minimum absolute atomic E-state index is 0.0839. The predicted molar refractivity (Wildman–Crippen MR) is 137 cm³/mol. The third-order valence-electron chi connectivity index (χ3n) is 6.75. The predicted octanol–water partition coefficient (Wildman–Crippen LogP) is 5.04. The number of pyridine rings is 1. The number of benzene rings is 1. The van der Waals surface area contributed by atoms with E-state index in [2.05, 4.69) is 31.4 Å². The highest BCUT2D eigenvalue weighted by atomic mass is 16.5. The second-order valence-corrected chi connectivity index (χ2v) is 11.1. The molecule has 1 aromatic heterocycles. The van der Waals surface area contributed by atoms with Gasteiger partial charge >= 0.3 is 6.09 Å². The maximum atomic E-state index is 11.7. The number of carbonyl (C=O) groups is 1. The van der Waals surface area contributed by atoms with Crippen molar-refractivity contribution in [2.75, 3.05) is 25.4 Å². The van der Waals surface area contributed by atoms with Gasteiger partial charge in [-0.05, 0) is 79.7 Å². The minimum Gasteiger partial charge on any atom is -0.507 e. The van der Waals surface area contributed by atoms with Crippen LogP contribution in [0, 0.1) is 11.3 Å². The van der Waals surface area contributed by atoms with Gasteiger partial charge in [0.2, 0.25) is 0 Å². The lowest BCUT2D eigenvalue weighted by molar-refractivity contribution is 0.184. The van der Waals surface area contributed by atoms with E-state index in [9.17, 15) is 15.0 Å². The van der Waals surface area contributed by atoms with Crippen LogP contribution in [-0.4, -0.2) is 41.0 Å². The Labute approximate surface area is 207 Å². The molecule has 2 aliphatic rings. The first-order valence-corrected chi connectivity index (χ1v) is 12.6. The molecule has 6 N–H and O–H groups in total. The van der Waals surface area contributed by atoms with Crippen molar-refractivity contribution in [3.8, 4) is 22.8 Å². The van der Waals surface area contributed by atoms with Gasteiger partial charge in [-0.1, -0.05) is 26.8 Å². The maximum absolute atomic E-state index is 11.7. The zero-order valence-electron chi connectivity index (χ0n) is 20.9. The fraction of sp³-hybridized carbons (Fsp3) is 0.556. The Morgan fingerprint density at radius 2 is 2.09 bits per heavy atom. The fourth-order valence-corrected chi connectivity index (χ4v) is 4.93. The van der Waals surface area contributed by atoms with Gasteiger partial charge in [0, 0.05) is 12.1 Å². The summed E-state index contributed by atoms with van der Waals surface area (Å²) in [4.78, 5) is 16.4. The lowest BCUT2D eigenvalue weighted by Crippen LogP contribution is -2.34. The molecular weight excluding hydrogens is 444 g/mol. The van der Waals surface area contributed by atoms with Crippen LogP contribution < -0.4 is 21.1 Å². The molecule has 0 radical (unpaired) electrons. The van der Waals surface area contributed by atoms with Crippen LogP contribution in [0.25, 0.3) is 11.3 Å². The summed E-state index contributed by atoms with van der Waals surface area (Å²) < 4.78 is 6.07. The third-order valence-corrected chi connectivity index (χ3v) is 6.75. The summed E-state index contributed by atoms with van der Waals surface area (Å²) in [7, 11) is 0. The number of aromatic nitrogens is 1. The standard InChI is InChI=1S/C27H38N4O4/c1-27(2,3)13-20(31-26(33)34)23-18(17-6-5-11-29-14-17)12-19(30-25(23)28)24-21(32)7-4-8-22(24)35-15-16-9-10-16/h4,7-8,12,16-17,20,29,31-32H,5-6,9-11,13-15H2,1-3H3,(H2,28,30)(H,33,34). The molecule has 1 saturated carbocycles. The van der Waals surface area contributed by atoms with E-state index in [0.29, 0.717) is 36.0 Å². The molecule has 190 valence electrons. The highest BCUT2D eigenvalue weighted by molar-refractivity contribution is 5.76. The van der Waals surface area contributed by atoms with Crippen LogP contribution in [0.4, 0.5) is 10.6 Å². The molecule has 2 aromatic rings. The van der Waals surface area contributed by atoms with Gasteiger partial charge in [-0.15, -0.1) is 0 Å². The Hall–Kier alpha value is -3.00. The number of piperidine rings is 1. The van der Waals surface area contributed by atoms with Crippen LogP contribution in [0.2, 0.25) is 0 Å². The van der Waals surface area contributed by atoms with Crippen LogP contribution in [0.5, 0.6) is 11.5 Å². The number of carboxylic acid groups (broad SMARTS) is 1. The van der Waals surface area contributed by atoms with Gasteiger partial charge in [-0.25, -0.2) is 9.78 Å². The van der Waals surface area contributed by atoms with Gasteiger partial charge in [0.1, 0.15) is 17.3 Å². The maximum Gasteiger partial charge on any atom is 0.405 e. The van der Waals surface area contributed by atoms with Gasteiger partial charge in [-0.3, -0.25) is 0 Å². The van der Waals surface area contributed by atoms with Crippen LogP contribution in [0.15, 0.2) is 24.3 Å². The second kappa shape index (κ2) is 10.3. The smallest absolute Gasteiger partial charge is 0.405 e. The molecule has 2 heterocycles. The van der Waals surface area contributed by atoms with Crippen molar-refractivity contribution in [3.63, 3.8) is 0 Å². The average molecular weight is 483 g/mol. The van der Waals surface area contributed by atoms with Crippen molar-refractivity contribution in [2.24, 2.45) is 11.3 Å². The highest BCUT2D eigenvalue weighted by Gasteiger charge is 2.31. The number of anilines is 1. The minimum atomic E-state index is -1.09. The molecular formula is C27H38N4O4. The largest absolute Gasteiger partial charge is 0.507 e. The SMILES string of the molecule is CC(C)(C)CC(NC(=O)O)c1c(C2CCCNC2)cc(-c2c(O)cccc2OCC2CC2)nc1N. The van der Waals surface area contributed by atoms with E-state index in [1.807, 2.05) is 12.1 Å². The summed E-state index contributed by atoms with van der Waals surface area (Å²) in [5.74, 6) is 1.67. The lowest BCUT2D eigenvalue weighted by Gasteiger charge is -2.32. The number of nitrogens with zero attached hydrogens (tertiary/aromatic N) is 1. The van der Waals surface area contributed by atoms with Gasteiger partial charge in [0.15, 0.2) is 0 Å². The first-order chi connectivity index (χ1) is 16.6. The van der Waals surface area contributed by atoms with Crippen molar-refractivity contribution < 1.29 is 19.7 Å². The van der Waals surface area contributed by atoms with Gasteiger partial charge in [0.25, 0.3) is 0 Å². The van der Waals surface area contributed by atoms with E-state index in [1.54, 1.807) is 12.1 Å². The Bertz CT molecular complexity index is 1060. The summed E-state index contributed by atoms with van der Waals surface area (Å²) in [5, 5.41) is 26.6. The topological polar surface area (TPSA) is 130 Å². The number of ether oxygens (including phenoxy) is 1. The molecule has 1 saturated heterocycles. The molecule has 35 heavy (non-hydrogen) atoms. The number of rotatable bonds is 8. The number of nitrogen functional groups attached to an aromatic ring is 1. The molecule has 2 unspecified atom stereocenters. The van der Waals surface area contributed by atoms with Crippen LogP contribution in [0.1, 0.15) is 76.0 Å². The zero-order chi connectivity index (χ0) is 25.2. The number of hydrogen-bond donors (Lipinski definition) is 5.